The highest BCUT2D eigenvalue weighted by atomic mass is 32.2. The van der Waals surface area contributed by atoms with Gasteiger partial charge in [-0.3, -0.25) is 14.7 Å². The molecule has 1 aliphatic rings. The van der Waals surface area contributed by atoms with Gasteiger partial charge in [-0.15, -0.1) is 10.2 Å². The molecule has 2 heterocycles. The van der Waals surface area contributed by atoms with Gasteiger partial charge in [-0.05, 0) is 25.5 Å². The molecule has 3 amide bonds. The van der Waals surface area contributed by atoms with E-state index in [1.165, 1.54) is 11.8 Å². The number of unbranched alkanes of at least 4 members (excludes halogenated alkanes) is 1. The molecule has 0 unspecified atom stereocenters. The summed E-state index contributed by atoms with van der Waals surface area (Å²) >= 11 is 1.25. The lowest BCUT2D eigenvalue weighted by Gasteiger charge is -2.27. The van der Waals surface area contributed by atoms with Gasteiger partial charge in [0.1, 0.15) is 0 Å². The number of benzene rings is 1. The van der Waals surface area contributed by atoms with E-state index in [0.717, 1.165) is 43.1 Å². The van der Waals surface area contributed by atoms with E-state index in [2.05, 4.69) is 25.7 Å². The lowest BCUT2D eigenvalue weighted by Crippen LogP contribution is -2.40. The van der Waals surface area contributed by atoms with Crippen LogP contribution in [0.3, 0.4) is 0 Å². The quantitative estimate of drug-likeness (QED) is 0.487. The van der Waals surface area contributed by atoms with E-state index in [4.69, 9.17) is 4.74 Å². The molecule has 0 saturated carbocycles. The molecule has 1 aliphatic heterocycles. The van der Waals surface area contributed by atoms with E-state index in [1.54, 1.807) is 0 Å². The zero-order valence-corrected chi connectivity index (χ0v) is 18.2. The topological polar surface area (TPSA) is 101 Å². The number of imide groups is 1. The van der Waals surface area contributed by atoms with Crippen LogP contribution in [-0.4, -0.2) is 65.3 Å². The second kappa shape index (κ2) is 11.0. The number of thioether (sulfide) groups is 1. The zero-order valence-electron chi connectivity index (χ0n) is 17.4. The number of nitrogens with zero attached hydrogens (tertiary/aromatic N) is 4. The summed E-state index contributed by atoms with van der Waals surface area (Å²) in [6.07, 6.45) is 1.85. The zero-order chi connectivity index (χ0) is 21.3. The van der Waals surface area contributed by atoms with Crippen LogP contribution in [0.5, 0.6) is 0 Å². The van der Waals surface area contributed by atoms with Crippen molar-refractivity contribution in [3.05, 3.63) is 29.8 Å². The number of anilines is 1. The molecule has 10 heteroatoms. The Balaban J connectivity index is 1.71. The fourth-order valence-corrected chi connectivity index (χ4v) is 3.71. The molecule has 9 nitrogen and oxygen atoms in total. The highest BCUT2D eigenvalue weighted by Crippen LogP contribution is 2.27. The number of ether oxygens (including phenoxy) is 1. The normalized spacial score (nSPS) is 13.9. The predicted octanol–water partition coefficient (Wildman–Crippen LogP) is 2.13. The van der Waals surface area contributed by atoms with Crippen molar-refractivity contribution in [2.75, 3.05) is 43.5 Å². The average molecular weight is 433 g/mol. The van der Waals surface area contributed by atoms with E-state index >= 15 is 0 Å². The number of urea groups is 1. The van der Waals surface area contributed by atoms with Crippen molar-refractivity contribution in [2.45, 2.75) is 31.8 Å². The molecule has 0 radical (unpaired) electrons. The highest BCUT2D eigenvalue weighted by Gasteiger charge is 2.22. The summed E-state index contributed by atoms with van der Waals surface area (Å²) in [6.45, 7) is 7.35. The summed E-state index contributed by atoms with van der Waals surface area (Å²) < 4.78 is 7.39. The Bertz CT molecular complexity index is 849. The van der Waals surface area contributed by atoms with E-state index in [1.807, 2.05) is 42.7 Å². The van der Waals surface area contributed by atoms with E-state index in [-0.39, 0.29) is 11.7 Å². The third-order valence-corrected chi connectivity index (χ3v) is 5.53. The second-order valence-corrected chi connectivity index (χ2v) is 7.94. The van der Waals surface area contributed by atoms with Crippen molar-refractivity contribution in [2.24, 2.45) is 0 Å². The minimum Gasteiger partial charge on any atom is -0.378 e. The SMILES string of the molecule is CCCCNC(=O)NC(=O)CSc1nnc(N2CCOCC2)n1-c1ccc(C)cc1. The molecule has 1 aromatic heterocycles. The van der Waals surface area contributed by atoms with Gasteiger partial charge in [0.15, 0.2) is 5.16 Å². The van der Waals surface area contributed by atoms with Gasteiger partial charge in [-0.1, -0.05) is 42.8 Å². The van der Waals surface area contributed by atoms with Gasteiger partial charge in [0, 0.05) is 19.6 Å². The van der Waals surface area contributed by atoms with Gasteiger partial charge in [-0.2, -0.15) is 0 Å². The van der Waals surface area contributed by atoms with Crippen molar-refractivity contribution < 1.29 is 14.3 Å². The number of aryl methyl sites for hydroxylation is 1. The van der Waals surface area contributed by atoms with Gasteiger partial charge in [0.2, 0.25) is 11.9 Å². The van der Waals surface area contributed by atoms with Gasteiger partial charge in [0.25, 0.3) is 0 Å². The molecule has 0 spiro atoms. The molecule has 0 atom stereocenters. The van der Waals surface area contributed by atoms with Gasteiger partial charge in [-0.25, -0.2) is 4.79 Å². The molecule has 2 N–H and O–H groups in total. The summed E-state index contributed by atoms with van der Waals surface area (Å²) in [6, 6.07) is 7.60. The Hall–Kier alpha value is -2.59. The molecule has 2 aromatic rings. The van der Waals surface area contributed by atoms with Crippen LogP contribution < -0.4 is 15.5 Å². The highest BCUT2D eigenvalue weighted by molar-refractivity contribution is 7.99. The van der Waals surface area contributed by atoms with Crippen LogP contribution in [0, 0.1) is 6.92 Å². The number of carbonyl (C=O) groups is 2. The average Bonchev–Trinajstić information content (AvgIpc) is 3.17. The monoisotopic (exact) mass is 432 g/mol. The van der Waals surface area contributed by atoms with Crippen LogP contribution in [0.15, 0.2) is 29.4 Å². The van der Waals surface area contributed by atoms with Crippen LogP contribution in [-0.2, 0) is 9.53 Å². The number of nitrogens with one attached hydrogen (secondary N) is 2. The lowest BCUT2D eigenvalue weighted by molar-refractivity contribution is -0.117. The molecule has 0 bridgehead atoms. The molecular formula is C20H28N6O3S. The van der Waals surface area contributed by atoms with E-state index in [0.29, 0.717) is 24.9 Å². The maximum absolute atomic E-state index is 12.2. The Labute approximate surface area is 180 Å². The number of morpholine rings is 1. The maximum Gasteiger partial charge on any atom is 0.321 e. The van der Waals surface area contributed by atoms with Crippen molar-refractivity contribution in [1.82, 2.24) is 25.4 Å². The fourth-order valence-electron chi connectivity index (χ4n) is 2.96. The number of carbonyl (C=O) groups excluding carboxylic acids is 2. The van der Waals surface area contributed by atoms with Crippen LogP contribution in [0.25, 0.3) is 5.69 Å². The molecular weight excluding hydrogens is 404 g/mol. The summed E-state index contributed by atoms with van der Waals surface area (Å²) in [5, 5.41) is 14.3. The van der Waals surface area contributed by atoms with Crippen LogP contribution in [0.2, 0.25) is 0 Å². The number of hydrogen-bond acceptors (Lipinski definition) is 7. The largest absolute Gasteiger partial charge is 0.378 e. The second-order valence-electron chi connectivity index (χ2n) is 7.00. The van der Waals surface area contributed by atoms with Crippen LogP contribution in [0.1, 0.15) is 25.3 Å². The predicted molar refractivity (Wildman–Crippen MR) is 116 cm³/mol. The third-order valence-electron chi connectivity index (χ3n) is 4.60. The Morgan fingerprint density at radius 1 is 1.17 bits per heavy atom. The number of hydrogen-bond donors (Lipinski definition) is 2. The molecule has 1 aromatic carbocycles. The first-order valence-electron chi connectivity index (χ1n) is 10.1. The third kappa shape index (κ3) is 5.96. The number of rotatable bonds is 8. The minimum absolute atomic E-state index is 0.0638. The smallest absolute Gasteiger partial charge is 0.321 e. The molecule has 3 rings (SSSR count). The first-order valence-corrected chi connectivity index (χ1v) is 11.1. The Morgan fingerprint density at radius 2 is 1.90 bits per heavy atom. The standard InChI is InChI=1S/C20H28N6O3S/c1-3-4-9-21-18(28)22-17(27)14-30-20-24-23-19(25-10-12-29-13-11-25)26(20)16-7-5-15(2)6-8-16/h5-8H,3-4,9-14H2,1-2H3,(H2,21,22,27,28). The Morgan fingerprint density at radius 3 is 2.60 bits per heavy atom. The fraction of sp³-hybridized carbons (Fsp3) is 0.500. The number of aromatic nitrogens is 3. The lowest BCUT2D eigenvalue weighted by atomic mass is 10.2. The van der Waals surface area contributed by atoms with E-state index in [9.17, 15) is 9.59 Å². The van der Waals surface area contributed by atoms with Crippen molar-refractivity contribution in [1.29, 1.82) is 0 Å². The first kappa shape index (κ1) is 22.1. The molecule has 30 heavy (non-hydrogen) atoms. The van der Waals surface area contributed by atoms with E-state index < -0.39 is 6.03 Å². The first-order chi connectivity index (χ1) is 14.6. The van der Waals surface area contributed by atoms with Crippen LogP contribution >= 0.6 is 11.8 Å². The van der Waals surface area contributed by atoms with Crippen molar-refractivity contribution in [3.63, 3.8) is 0 Å². The summed E-state index contributed by atoms with van der Waals surface area (Å²) in [7, 11) is 0. The Kier molecular flexibility index (Phi) is 8.09. The van der Waals surface area contributed by atoms with Crippen molar-refractivity contribution >= 4 is 29.6 Å². The molecule has 162 valence electrons. The summed E-state index contributed by atoms with van der Waals surface area (Å²) in [4.78, 5) is 26.1. The summed E-state index contributed by atoms with van der Waals surface area (Å²) in [5.74, 6) is 0.414. The summed E-state index contributed by atoms with van der Waals surface area (Å²) in [5.41, 5.74) is 2.08. The van der Waals surface area contributed by atoms with Gasteiger partial charge < -0.3 is 15.0 Å². The molecule has 1 saturated heterocycles. The van der Waals surface area contributed by atoms with Crippen LogP contribution in [0.4, 0.5) is 10.7 Å². The van der Waals surface area contributed by atoms with Gasteiger partial charge >= 0.3 is 6.03 Å². The molecule has 1 fully saturated rings. The maximum atomic E-state index is 12.2. The minimum atomic E-state index is -0.469. The van der Waals surface area contributed by atoms with Gasteiger partial charge in [0.05, 0.1) is 24.7 Å². The molecule has 0 aliphatic carbocycles. The van der Waals surface area contributed by atoms with Crippen molar-refractivity contribution in [3.8, 4) is 5.69 Å². The number of amides is 3.